The molecule has 0 spiro atoms. The van der Waals surface area contributed by atoms with E-state index in [1.807, 2.05) is 12.1 Å². The Morgan fingerprint density at radius 3 is 2.57 bits per heavy atom. The van der Waals surface area contributed by atoms with E-state index in [0.717, 1.165) is 31.2 Å². The number of benzene rings is 1. The average molecular weight is 285 g/mol. The van der Waals surface area contributed by atoms with Gasteiger partial charge in [-0.05, 0) is 49.3 Å². The zero-order chi connectivity index (χ0) is 14.7. The minimum Gasteiger partial charge on any atom is -0.353 e. The van der Waals surface area contributed by atoms with Crippen LogP contribution in [0.25, 0.3) is 0 Å². The summed E-state index contributed by atoms with van der Waals surface area (Å²) in [6, 6.07) is 6.36. The first-order chi connectivity index (χ1) is 10.2. The van der Waals surface area contributed by atoms with Crippen molar-refractivity contribution in [2.45, 2.75) is 63.8 Å². The van der Waals surface area contributed by atoms with Gasteiger partial charge < -0.3 is 5.32 Å². The third-order valence-electron chi connectivity index (χ3n) is 4.72. The molecule has 0 aliphatic heterocycles. The second-order valence-electron chi connectivity index (χ2n) is 6.31. The molecule has 2 aliphatic rings. The van der Waals surface area contributed by atoms with E-state index in [-0.39, 0.29) is 11.7 Å². The molecule has 1 fully saturated rings. The van der Waals surface area contributed by atoms with Crippen molar-refractivity contribution in [1.82, 2.24) is 5.32 Å². The van der Waals surface area contributed by atoms with Crippen LogP contribution in [-0.2, 0) is 17.6 Å². The quantitative estimate of drug-likeness (QED) is 0.844. The van der Waals surface area contributed by atoms with E-state index in [2.05, 4.69) is 11.4 Å². The summed E-state index contributed by atoms with van der Waals surface area (Å²) in [5.41, 5.74) is 3.46. The molecule has 0 unspecified atom stereocenters. The monoisotopic (exact) mass is 285 g/mol. The Bertz CT molecular complexity index is 544. The second kappa shape index (κ2) is 6.42. The molecule has 1 amide bonds. The van der Waals surface area contributed by atoms with Gasteiger partial charge in [0.25, 0.3) is 0 Å². The number of rotatable bonds is 5. The fourth-order valence-electron chi connectivity index (χ4n) is 3.49. The molecule has 1 saturated carbocycles. The molecule has 3 heteroatoms. The van der Waals surface area contributed by atoms with Gasteiger partial charge in [0.1, 0.15) is 0 Å². The van der Waals surface area contributed by atoms with Crippen LogP contribution < -0.4 is 5.32 Å². The molecular formula is C18H23NO2. The van der Waals surface area contributed by atoms with Gasteiger partial charge in [0.2, 0.25) is 5.91 Å². The van der Waals surface area contributed by atoms with E-state index in [0.29, 0.717) is 18.9 Å². The van der Waals surface area contributed by atoms with Gasteiger partial charge in [0.05, 0.1) is 0 Å². The second-order valence-corrected chi connectivity index (χ2v) is 6.31. The topological polar surface area (TPSA) is 46.2 Å². The lowest BCUT2D eigenvalue weighted by molar-refractivity contribution is -0.121. The number of carbonyl (C=O) groups is 2. The minimum absolute atomic E-state index is 0.0245. The molecule has 0 heterocycles. The number of hydrogen-bond donors (Lipinski definition) is 1. The molecule has 21 heavy (non-hydrogen) atoms. The number of ketones is 1. The van der Waals surface area contributed by atoms with Crippen LogP contribution in [-0.4, -0.2) is 17.7 Å². The van der Waals surface area contributed by atoms with E-state index in [1.165, 1.54) is 30.4 Å². The van der Waals surface area contributed by atoms with Crippen molar-refractivity contribution in [2.75, 3.05) is 0 Å². The number of hydrogen-bond acceptors (Lipinski definition) is 2. The molecule has 2 aliphatic carbocycles. The van der Waals surface area contributed by atoms with Crippen LogP contribution in [0.1, 0.15) is 66.4 Å². The molecule has 3 nitrogen and oxygen atoms in total. The van der Waals surface area contributed by atoms with Crippen molar-refractivity contribution >= 4 is 11.7 Å². The Labute approximate surface area is 126 Å². The molecule has 3 rings (SSSR count). The van der Waals surface area contributed by atoms with E-state index in [1.54, 1.807) is 0 Å². The summed E-state index contributed by atoms with van der Waals surface area (Å²) in [5, 5.41) is 3.04. The Balaban J connectivity index is 1.50. The van der Waals surface area contributed by atoms with Gasteiger partial charge in [-0.25, -0.2) is 0 Å². The first kappa shape index (κ1) is 14.3. The zero-order valence-electron chi connectivity index (χ0n) is 12.5. The van der Waals surface area contributed by atoms with Crippen molar-refractivity contribution in [1.29, 1.82) is 0 Å². The van der Waals surface area contributed by atoms with E-state index in [9.17, 15) is 9.59 Å². The van der Waals surface area contributed by atoms with Gasteiger partial charge >= 0.3 is 0 Å². The minimum atomic E-state index is 0.0245. The average Bonchev–Trinajstić information content (AvgIpc) is 3.14. The number of amides is 1. The molecular weight excluding hydrogens is 262 g/mol. The largest absolute Gasteiger partial charge is 0.353 e. The summed E-state index contributed by atoms with van der Waals surface area (Å²) in [6.45, 7) is 0. The number of Topliss-reactive ketones (excluding diaryl/α,β-unsaturated/α-hetero) is 1. The lowest BCUT2D eigenvalue weighted by Crippen LogP contribution is -2.32. The van der Waals surface area contributed by atoms with Crippen molar-refractivity contribution in [3.63, 3.8) is 0 Å². The summed E-state index contributed by atoms with van der Waals surface area (Å²) in [5.74, 6) is 0.114. The van der Waals surface area contributed by atoms with E-state index in [4.69, 9.17) is 0 Å². The molecule has 1 N–H and O–H groups in total. The molecule has 0 atom stereocenters. The Kier molecular flexibility index (Phi) is 4.37. The molecule has 1 aromatic rings. The van der Waals surface area contributed by atoms with Crippen molar-refractivity contribution < 1.29 is 9.59 Å². The van der Waals surface area contributed by atoms with Gasteiger partial charge in [-0.3, -0.25) is 9.59 Å². The molecule has 0 radical (unpaired) electrons. The van der Waals surface area contributed by atoms with Crippen molar-refractivity contribution in [3.05, 3.63) is 34.9 Å². The lowest BCUT2D eigenvalue weighted by Gasteiger charge is -2.11. The zero-order valence-corrected chi connectivity index (χ0v) is 12.5. The predicted octanol–water partition coefficient (Wildman–Crippen LogP) is 3.20. The fraction of sp³-hybridized carbons (Fsp3) is 0.556. The van der Waals surface area contributed by atoms with Crippen LogP contribution in [0.15, 0.2) is 18.2 Å². The van der Waals surface area contributed by atoms with Crippen LogP contribution in [0.4, 0.5) is 0 Å². The molecule has 0 saturated heterocycles. The summed E-state index contributed by atoms with van der Waals surface area (Å²) < 4.78 is 0. The highest BCUT2D eigenvalue weighted by Gasteiger charge is 2.18. The van der Waals surface area contributed by atoms with Crippen molar-refractivity contribution in [3.8, 4) is 0 Å². The van der Waals surface area contributed by atoms with E-state index >= 15 is 0 Å². The van der Waals surface area contributed by atoms with Crippen LogP contribution >= 0.6 is 0 Å². The Morgan fingerprint density at radius 1 is 1.00 bits per heavy atom. The fourth-order valence-corrected chi connectivity index (χ4v) is 3.49. The number of fused-ring (bicyclic) bond motifs is 1. The third-order valence-corrected chi connectivity index (χ3v) is 4.72. The molecule has 0 bridgehead atoms. The highest BCUT2D eigenvalue weighted by Crippen LogP contribution is 2.23. The highest BCUT2D eigenvalue weighted by molar-refractivity contribution is 5.98. The number of nitrogens with one attached hydrogen (secondary N) is 1. The Hall–Kier alpha value is -1.64. The van der Waals surface area contributed by atoms with Crippen LogP contribution in [0.5, 0.6) is 0 Å². The highest BCUT2D eigenvalue weighted by atomic mass is 16.2. The summed E-state index contributed by atoms with van der Waals surface area (Å²) in [6.07, 6.45) is 8.62. The van der Waals surface area contributed by atoms with Gasteiger partial charge in [-0.2, -0.15) is 0 Å². The van der Waals surface area contributed by atoms with Gasteiger partial charge in [-0.15, -0.1) is 0 Å². The summed E-state index contributed by atoms with van der Waals surface area (Å²) in [7, 11) is 0. The molecule has 1 aromatic carbocycles. The maximum absolute atomic E-state index is 12.2. The van der Waals surface area contributed by atoms with Crippen LogP contribution in [0, 0.1) is 0 Å². The first-order valence-electron chi connectivity index (χ1n) is 8.17. The van der Waals surface area contributed by atoms with Gasteiger partial charge in [0.15, 0.2) is 5.78 Å². The third kappa shape index (κ3) is 3.52. The summed E-state index contributed by atoms with van der Waals surface area (Å²) in [4.78, 5) is 24.1. The summed E-state index contributed by atoms with van der Waals surface area (Å²) >= 11 is 0. The predicted molar refractivity (Wildman–Crippen MR) is 82.4 cm³/mol. The lowest BCUT2D eigenvalue weighted by atomic mass is 10.0. The first-order valence-corrected chi connectivity index (χ1v) is 8.17. The number of aryl methyl sites for hydroxylation is 2. The SMILES string of the molecule is O=C(CCC(=O)c1ccc2c(c1)CCC2)NC1CCCC1. The van der Waals surface area contributed by atoms with Gasteiger partial charge in [0, 0.05) is 24.4 Å². The van der Waals surface area contributed by atoms with Gasteiger partial charge in [-0.1, -0.05) is 25.0 Å². The number of carbonyl (C=O) groups excluding carboxylic acids is 2. The Morgan fingerprint density at radius 2 is 1.76 bits per heavy atom. The maximum atomic E-state index is 12.2. The molecule has 0 aromatic heterocycles. The molecule has 112 valence electrons. The smallest absolute Gasteiger partial charge is 0.220 e. The van der Waals surface area contributed by atoms with E-state index < -0.39 is 0 Å². The van der Waals surface area contributed by atoms with Crippen molar-refractivity contribution in [2.24, 2.45) is 0 Å². The van der Waals surface area contributed by atoms with Crippen LogP contribution in [0.2, 0.25) is 0 Å². The van der Waals surface area contributed by atoms with Crippen LogP contribution in [0.3, 0.4) is 0 Å². The maximum Gasteiger partial charge on any atom is 0.220 e. The standard InChI is InChI=1S/C18H23NO2/c20-17(10-11-18(21)19-16-6-1-2-7-16)15-9-8-13-4-3-5-14(13)12-15/h8-9,12,16H,1-7,10-11H2,(H,19,21). The normalized spacial score (nSPS) is 17.7.